The van der Waals surface area contributed by atoms with Crippen LogP contribution in [0.4, 0.5) is 19.1 Å². The third kappa shape index (κ3) is 3.02. The number of aromatic nitrogens is 3. The largest absolute Gasteiger partial charge is 0.391 e. The van der Waals surface area contributed by atoms with Crippen LogP contribution in [-0.2, 0) is 7.05 Å². The fraction of sp³-hybridized carbons (Fsp3) is 0.769. The summed E-state index contributed by atoms with van der Waals surface area (Å²) in [7, 11) is 4.79. The molecule has 0 bridgehead atoms. The van der Waals surface area contributed by atoms with Crippen molar-refractivity contribution in [3.63, 3.8) is 0 Å². The molecule has 1 aliphatic rings. The number of nitrogens with zero attached hydrogens (tertiary/aromatic N) is 4. The van der Waals surface area contributed by atoms with Gasteiger partial charge in [-0.05, 0) is 25.7 Å². The smallest absolute Gasteiger partial charge is 0.348 e. The van der Waals surface area contributed by atoms with Crippen LogP contribution in [0, 0.1) is 5.92 Å². The van der Waals surface area contributed by atoms with Crippen LogP contribution < -0.4 is 16.3 Å². The number of hydrogen-bond donors (Lipinski definition) is 0. The Balaban J connectivity index is 2.31. The van der Waals surface area contributed by atoms with E-state index < -0.39 is 29.5 Å². The summed E-state index contributed by atoms with van der Waals surface area (Å²) in [6, 6.07) is -0.520. The van der Waals surface area contributed by atoms with Crippen molar-refractivity contribution in [3.05, 3.63) is 21.0 Å². The highest BCUT2D eigenvalue weighted by atomic mass is 19.4. The van der Waals surface area contributed by atoms with E-state index in [0.717, 1.165) is 4.57 Å². The van der Waals surface area contributed by atoms with Crippen molar-refractivity contribution >= 4 is 5.95 Å². The minimum Gasteiger partial charge on any atom is -0.348 e. The Morgan fingerprint density at radius 1 is 1.14 bits per heavy atom. The molecule has 1 aromatic rings. The fourth-order valence-corrected chi connectivity index (χ4v) is 2.92. The van der Waals surface area contributed by atoms with Gasteiger partial charge in [-0.3, -0.25) is 4.57 Å². The average Bonchev–Trinajstić information content (AvgIpc) is 2.42. The number of halogens is 3. The van der Waals surface area contributed by atoms with Gasteiger partial charge < -0.3 is 4.90 Å². The standard InChI is InChI=1S/C13H19F3N4O2/c1-18(2)10-17-11(21)20(12(22)19(10)3)9-6-4-8(5-7-9)13(14,15)16/h8-9H,4-7H2,1-3H3. The van der Waals surface area contributed by atoms with E-state index in [4.69, 9.17) is 0 Å². The van der Waals surface area contributed by atoms with Gasteiger partial charge in [-0.25, -0.2) is 14.2 Å². The summed E-state index contributed by atoms with van der Waals surface area (Å²) in [5.41, 5.74) is -1.25. The summed E-state index contributed by atoms with van der Waals surface area (Å²) >= 11 is 0. The van der Waals surface area contributed by atoms with Gasteiger partial charge in [0.25, 0.3) is 0 Å². The fourth-order valence-electron chi connectivity index (χ4n) is 2.92. The van der Waals surface area contributed by atoms with Crippen molar-refractivity contribution in [1.29, 1.82) is 0 Å². The van der Waals surface area contributed by atoms with Gasteiger partial charge in [0, 0.05) is 27.2 Å². The Labute approximate surface area is 125 Å². The second kappa shape index (κ2) is 5.77. The second-order valence-electron chi connectivity index (χ2n) is 5.85. The van der Waals surface area contributed by atoms with E-state index in [9.17, 15) is 22.8 Å². The molecular weight excluding hydrogens is 301 g/mol. The lowest BCUT2D eigenvalue weighted by Gasteiger charge is -2.30. The Bertz CT molecular complexity index is 655. The molecule has 0 N–H and O–H groups in total. The van der Waals surface area contributed by atoms with Gasteiger partial charge in [0.1, 0.15) is 0 Å². The van der Waals surface area contributed by atoms with Crippen LogP contribution in [0.25, 0.3) is 0 Å². The predicted molar refractivity (Wildman–Crippen MR) is 75.1 cm³/mol. The molecule has 0 aromatic carbocycles. The van der Waals surface area contributed by atoms with Gasteiger partial charge in [0.15, 0.2) is 0 Å². The van der Waals surface area contributed by atoms with Gasteiger partial charge in [0.05, 0.1) is 5.92 Å². The Hall–Kier alpha value is -1.80. The molecule has 22 heavy (non-hydrogen) atoms. The molecule has 0 spiro atoms. The summed E-state index contributed by atoms with van der Waals surface area (Å²) in [6.45, 7) is 0. The molecule has 1 heterocycles. The molecule has 0 aliphatic heterocycles. The van der Waals surface area contributed by atoms with Gasteiger partial charge >= 0.3 is 17.6 Å². The Morgan fingerprint density at radius 3 is 2.14 bits per heavy atom. The minimum atomic E-state index is -4.21. The molecule has 0 unspecified atom stereocenters. The van der Waals surface area contributed by atoms with Crippen molar-refractivity contribution in [3.8, 4) is 0 Å². The number of alkyl halides is 3. The van der Waals surface area contributed by atoms with Gasteiger partial charge in [0.2, 0.25) is 5.95 Å². The molecule has 1 aromatic heterocycles. The van der Waals surface area contributed by atoms with Gasteiger partial charge in [-0.15, -0.1) is 0 Å². The van der Waals surface area contributed by atoms with Crippen LogP contribution >= 0.6 is 0 Å². The van der Waals surface area contributed by atoms with Crippen LogP contribution in [0.15, 0.2) is 9.59 Å². The zero-order valence-electron chi connectivity index (χ0n) is 12.7. The maximum Gasteiger partial charge on any atom is 0.391 e. The van der Waals surface area contributed by atoms with E-state index in [0.29, 0.717) is 0 Å². The van der Waals surface area contributed by atoms with Gasteiger partial charge in [-0.2, -0.15) is 18.2 Å². The normalized spacial score (nSPS) is 22.6. The molecule has 0 amide bonds. The third-order valence-electron chi connectivity index (χ3n) is 4.12. The van der Waals surface area contributed by atoms with E-state index in [1.807, 2.05) is 0 Å². The average molecular weight is 320 g/mol. The van der Waals surface area contributed by atoms with Crippen LogP contribution in [0.3, 0.4) is 0 Å². The van der Waals surface area contributed by atoms with Crippen LogP contribution in [0.2, 0.25) is 0 Å². The van der Waals surface area contributed by atoms with Gasteiger partial charge in [-0.1, -0.05) is 0 Å². The molecule has 1 fully saturated rings. The zero-order valence-corrected chi connectivity index (χ0v) is 12.7. The molecule has 0 saturated heterocycles. The lowest BCUT2D eigenvalue weighted by atomic mass is 9.85. The van der Waals surface area contributed by atoms with Crippen molar-refractivity contribution in [2.24, 2.45) is 13.0 Å². The predicted octanol–water partition coefficient (Wildman–Crippen LogP) is 1.30. The molecule has 6 nitrogen and oxygen atoms in total. The maximum atomic E-state index is 12.7. The van der Waals surface area contributed by atoms with E-state index in [2.05, 4.69) is 4.98 Å². The first-order valence-electron chi connectivity index (χ1n) is 7.06. The number of rotatable bonds is 2. The molecular formula is C13H19F3N4O2. The van der Waals surface area contributed by atoms with Crippen molar-refractivity contribution < 1.29 is 13.2 Å². The molecule has 0 radical (unpaired) electrons. The van der Waals surface area contributed by atoms with Crippen LogP contribution in [-0.4, -0.2) is 34.4 Å². The Morgan fingerprint density at radius 2 is 1.68 bits per heavy atom. The van der Waals surface area contributed by atoms with E-state index in [1.165, 1.54) is 16.5 Å². The van der Waals surface area contributed by atoms with E-state index in [1.54, 1.807) is 14.1 Å². The lowest BCUT2D eigenvalue weighted by molar-refractivity contribution is -0.183. The number of hydrogen-bond acceptors (Lipinski definition) is 4. The summed E-state index contributed by atoms with van der Waals surface area (Å²) in [6.07, 6.45) is -4.04. The summed E-state index contributed by atoms with van der Waals surface area (Å²) in [5, 5.41) is 0. The summed E-state index contributed by atoms with van der Waals surface area (Å²) in [4.78, 5) is 29.8. The minimum absolute atomic E-state index is 0.0702. The van der Waals surface area contributed by atoms with Crippen molar-refractivity contribution in [2.45, 2.75) is 37.9 Å². The molecule has 1 saturated carbocycles. The molecule has 2 rings (SSSR count). The Kier molecular flexibility index (Phi) is 4.35. The highest BCUT2D eigenvalue weighted by molar-refractivity contribution is 5.25. The van der Waals surface area contributed by atoms with Crippen molar-refractivity contribution in [1.82, 2.24) is 14.1 Å². The quantitative estimate of drug-likeness (QED) is 0.824. The summed E-state index contributed by atoms with van der Waals surface area (Å²) < 4.78 is 40.3. The number of anilines is 1. The second-order valence-corrected chi connectivity index (χ2v) is 5.85. The monoisotopic (exact) mass is 320 g/mol. The highest BCUT2D eigenvalue weighted by Crippen LogP contribution is 2.40. The maximum absolute atomic E-state index is 12.7. The van der Waals surface area contributed by atoms with Crippen molar-refractivity contribution in [2.75, 3.05) is 19.0 Å². The first-order valence-corrected chi connectivity index (χ1v) is 7.06. The zero-order chi connectivity index (χ0) is 16.7. The first-order chi connectivity index (χ1) is 10.1. The van der Waals surface area contributed by atoms with Crippen LogP contribution in [0.1, 0.15) is 31.7 Å². The third-order valence-corrected chi connectivity index (χ3v) is 4.12. The first kappa shape index (κ1) is 16.6. The van der Waals surface area contributed by atoms with Crippen LogP contribution in [0.5, 0.6) is 0 Å². The molecule has 0 atom stereocenters. The molecule has 9 heteroatoms. The van der Waals surface area contributed by atoms with E-state index in [-0.39, 0.29) is 31.6 Å². The SMILES string of the molecule is CN(C)c1nc(=O)n(C2CCC(C(F)(F)F)CC2)c(=O)n1C. The van der Waals surface area contributed by atoms with E-state index >= 15 is 0 Å². The lowest BCUT2D eigenvalue weighted by Crippen LogP contribution is -2.46. The summed E-state index contributed by atoms with van der Waals surface area (Å²) in [5.74, 6) is -1.13. The highest BCUT2D eigenvalue weighted by Gasteiger charge is 2.42. The topological polar surface area (TPSA) is 60.1 Å². The molecule has 1 aliphatic carbocycles. The molecule has 124 valence electrons.